The van der Waals surface area contributed by atoms with Gasteiger partial charge in [0.1, 0.15) is 6.04 Å². The van der Waals surface area contributed by atoms with Gasteiger partial charge >= 0.3 is 0 Å². The van der Waals surface area contributed by atoms with Crippen LogP contribution in [0.1, 0.15) is 44.6 Å². The van der Waals surface area contributed by atoms with Gasteiger partial charge in [0.2, 0.25) is 17.7 Å². The number of likely N-dealkylation sites (tertiary alicyclic amines) is 2. The molecular weight excluding hydrogens is 390 g/mol. The van der Waals surface area contributed by atoms with E-state index in [4.69, 9.17) is 0 Å². The van der Waals surface area contributed by atoms with Crippen LogP contribution < -0.4 is 5.32 Å². The highest BCUT2D eigenvalue weighted by atomic mass is 16.2. The highest BCUT2D eigenvalue weighted by molar-refractivity contribution is 6.10. The standard InChI is InChI=1S/C25H31N3O3/c1-16(28-24(30)21-18-9-10-19(14-18)22(21)25(28)31)23(29)26-20-8-6-7-17(13-20)15-27-11-4-2-3-5-12-27/h6-10,13,16,18-19,21-22H,2-5,11-12,14-15H2,1H3,(H,26,29)/t16-,18-,19-,21-,22+/m0/s1. The van der Waals surface area contributed by atoms with Gasteiger partial charge in [0.25, 0.3) is 0 Å². The maximum absolute atomic E-state index is 13.0. The molecule has 2 aliphatic carbocycles. The van der Waals surface area contributed by atoms with Crippen molar-refractivity contribution >= 4 is 23.4 Å². The first-order valence-electron chi connectivity index (χ1n) is 11.7. The van der Waals surface area contributed by atoms with Gasteiger partial charge in [-0.2, -0.15) is 0 Å². The highest BCUT2D eigenvalue weighted by Gasteiger charge is 2.60. The third-order valence-electron chi connectivity index (χ3n) is 7.57. The summed E-state index contributed by atoms with van der Waals surface area (Å²) in [6.07, 6.45) is 10.1. The van der Waals surface area contributed by atoms with Crippen LogP contribution in [-0.4, -0.2) is 46.7 Å². The van der Waals surface area contributed by atoms with Gasteiger partial charge in [-0.25, -0.2) is 0 Å². The zero-order valence-electron chi connectivity index (χ0n) is 18.1. The molecule has 6 nitrogen and oxygen atoms in total. The van der Waals surface area contributed by atoms with Gasteiger partial charge in [0.15, 0.2) is 0 Å². The minimum atomic E-state index is -0.806. The van der Waals surface area contributed by atoms with Crippen molar-refractivity contribution in [3.63, 3.8) is 0 Å². The Labute approximate surface area is 183 Å². The number of benzene rings is 1. The summed E-state index contributed by atoms with van der Waals surface area (Å²) in [5, 5.41) is 2.93. The maximum Gasteiger partial charge on any atom is 0.247 e. The number of hydrogen-bond acceptors (Lipinski definition) is 4. The van der Waals surface area contributed by atoms with Crippen LogP contribution in [0.2, 0.25) is 0 Å². The van der Waals surface area contributed by atoms with Crippen LogP contribution in [-0.2, 0) is 20.9 Å². The van der Waals surface area contributed by atoms with Crippen LogP contribution in [0.25, 0.3) is 0 Å². The summed E-state index contributed by atoms with van der Waals surface area (Å²) in [6.45, 7) is 4.77. The summed E-state index contributed by atoms with van der Waals surface area (Å²) >= 11 is 0. The normalized spacial score (nSPS) is 31.1. The number of amides is 3. The average molecular weight is 422 g/mol. The quantitative estimate of drug-likeness (QED) is 0.586. The summed E-state index contributed by atoms with van der Waals surface area (Å²) < 4.78 is 0. The number of hydrogen-bond donors (Lipinski definition) is 1. The molecule has 3 fully saturated rings. The summed E-state index contributed by atoms with van der Waals surface area (Å²) in [7, 11) is 0. The fourth-order valence-corrected chi connectivity index (χ4v) is 5.97. The Hall–Kier alpha value is -2.47. The Morgan fingerprint density at radius 2 is 1.68 bits per heavy atom. The molecule has 4 aliphatic rings. The van der Waals surface area contributed by atoms with Crippen LogP contribution in [0.4, 0.5) is 5.69 Å². The zero-order valence-corrected chi connectivity index (χ0v) is 18.1. The van der Waals surface area contributed by atoms with Crippen molar-refractivity contribution in [2.75, 3.05) is 18.4 Å². The van der Waals surface area contributed by atoms with Crippen LogP contribution in [0.3, 0.4) is 0 Å². The molecule has 0 unspecified atom stereocenters. The van der Waals surface area contributed by atoms with Gasteiger partial charge in [0, 0.05) is 12.2 Å². The van der Waals surface area contributed by atoms with Crippen LogP contribution >= 0.6 is 0 Å². The molecule has 2 saturated heterocycles. The molecule has 1 aromatic carbocycles. The van der Waals surface area contributed by atoms with Gasteiger partial charge in [-0.1, -0.05) is 37.1 Å². The van der Waals surface area contributed by atoms with E-state index in [1.165, 1.54) is 30.6 Å². The second-order valence-electron chi connectivity index (χ2n) is 9.60. The van der Waals surface area contributed by atoms with Gasteiger partial charge in [-0.3, -0.25) is 24.2 Å². The Morgan fingerprint density at radius 1 is 1.03 bits per heavy atom. The topological polar surface area (TPSA) is 69.7 Å². The number of anilines is 1. The number of rotatable bonds is 5. The van der Waals surface area contributed by atoms with Gasteiger partial charge in [-0.15, -0.1) is 0 Å². The first-order valence-corrected chi connectivity index (χ1v) is 11.7. The molecule has 2 aliphatic heterocycles. The fraction of sp³-hybridized carbons (Fsp3) is 0.560. The number of fused-ring (bicyclic) bond motifs is 5. The van der Waals surface area contributed by atoms with E-state index in [2.05, 4.69) is 28.4 Å². The summed E-state index contributed by atoms with van der Waals surface area (Å²) in [6, 6.07) is 7.10. The molecule has 3 amide bonds. The van der Waals surface area contributed by atoms with E-state index in [0.717, 1.165) is 31.6 Å². The predicted molar refractivity (Wildman–Crippen MR) is 118 cm³/mol. The first kappa shape index (κ1) is 20.4. The van der Waals surface area contributed by atoms with Crippen molar-refractivity contribution in [2.45, 2.75) is 51.6 Å². The molecule has 0 radical (unpaired) electrons. The van der Waals surface area contributed by atoms with Crippen LogP contribution in [0.15, 0.2) is 36.4 Å². The van der Waals surface area contributed by atoms with E-state index in [0.29, 0.717) is 5.69 Å². The predicted octanol–water partition coefficient (Wildman–Crippen LogP) is 3.20. The Morgan fingerprint density at radius 3 is 2.32 bits per heavy atom. The van der Waals surface area contributed by atoms with Crippen molar-refractivity contribution in [2.24, 2.45) is 23.7 Å². The first-order chi connectivity index (χ1) is 15.0. The molecule has 1 saturated carbocycles. The zero-order chi connectivity index (χ0) is 21.5. The highest BCUT2D eigenvalue weighted by Crippen LogP contribution is 2.52. The molecule has 2 heterocycles. The van der Waals surface area contributed by atoms with Gasteiger partial charge in [0.05, 0.1) is 11.8 Å². The van der Waals surface area contributed by atoms with Crippen molar-refractivity contribution in [1.29, 1.82) is 0 Å². The molecule has 0 aromatic heterocycles. The molecule has 6 heteroatoms. The molecule has 5 rings (SSSR count). The van der Waals surface area contributed by atoms with Crippen molar-refractivity contribution < 1.29 is 14.4 Å². The lowest BCUT2D eigenvalue weighted by Crippen LogP contribution is -2.46. The second-order valence-corrected chi connectivity index (χ2v) is 9.60. The maximum atomic E-state index is 13.0. The summed E-state index contributed by atoms with van der Waals surface area (Å²) in [5.74, 6) is -0.892. The number of nitrogens with one attached hydrogen (secondary N) is 1. The molecule has 5 atom stereocenters. The summed E-state index contributed by atoms with van der Waals surface area (Å²) in [4.78, 5) is 42.6. The third-order valence-corrected chi connectivity index (χ3v) is 7.57. The van der Waals surface area contributed by atoms with Crippen LogP contribution in [0.5, 0.6) is 0 Å². The van der Waals surface area contributed by atoms with E-state index in [9.17, 15) is 14.4 Å². The minimum absolute atomic E-state index is 0.155. The third kappa shape index (κ3) is 3.71. The number of carbonyl (C=O) groups is 3. The van der Waals surface area contributed by atoms with Crippen molar-refractivity contribution in [3.8, 4) is 0 Å². The van der Waals surface area contributed by atoms with Gasteiger partial charge < -0.3 is 5.32 Å². The molecular formula is C25H31N3O3. The second kappa shape index (κ2) is 8.23. The Balaban J connectivity index is 1.24. The van der Waals surface area contributed by atoms with Gasteiger partial charge in [-0.05, 0) is 68.8 Å². The van der Waals surface area contributed by atoms with Crippen molar-refractivity contribution in [3.05, 3.63) is 42.0 Å². The number of allylic oxidation sites excluding steroid dienone is 2. The molecule has 1 N–H and O–H groups in total. The monoisotopic (exact) mass is 421 g/mol. The largest absolute Gasteiger partial charge is 0.324 e. The smallest absolute Gasteiger partial charge is 0.247 e. The Kier molecular flexibility index (Phi) is 5.42. The summed E-state index contributed by atoms with van der Waals surface area (Å²) in [5.41, 5.74) is 1.88. The SMILES string of the molecule is C[C@@H](C(=O)Nc1cccc(CN2CCCCCC2)c1)N1C(=O)[C@@H]2[C@H](C1=O)[C@H]1C=C[C@H]2C1. The van der Waals surface area contributed by atoms with E-state index >= 15 is 0 Å². The van der Waals surface area contributed by atoms with Crippen LogP contribution in [0, 0.1) is 23.7 Å². The number of imide groups is 1. The number of carbonyl (C=O) groups excluding carboxylic acids is 3. The molecule has 0 spiro atoms. The average Bonchev–Trinajstić information content (AvgIpc) is 3.37. The molecule has 1 aromatic rings. The fourth-order valence-electron chi connectivity index (χ4n) is 5.97. The van der Waals surface area contributed by atoms with E-state index < -0.39 is 6.04 Å². The lowest BCUT2D eigenvalue weighted by Gasteiger charge is -2.24. The number of nitrogens with zero attached hydrogens (tertiary/aromatic N) is 2. The van der Waals surface area contributed by atoms with E-state index in [-0.39, 0.29) is 41.4 Å². The Bertz CT molecular complexity index is 888. The van der Waals surface area contributed by atoms with E-state index in [1.54, 1.807) is 6.92 Å². The molecule has 2 bridgehead atoms. The lowest BCUT2D eigenvalue weighted by atomic mass is 9.85. The van der Waals surface area contributed by atoms with Crippen molar-refractivity contribution in [1.82, 2.24) is 9.80 Å². The van der Waals surface area contributed by atoms with E-state index in [1.807, 2.05) is 18.2 Å². The molecule has 31 heavy (non-hydrogen) atoms. The minimum Gasteiger partial charge on any atom is -0.324 e. The molecule has 164 valence electrons. The lowest BCUT2D eigenvalue weighted by molar-refractivity contribution is -0.146.